The van der Waals surface area contributed by atoms with Gasteiger partial charge in [-0.1, -0.05) is 49.6 Å². The van der Waals surface area contributed by atoms with Crippen LogP contribution < -0.4 is 5.32 Å². The van der Waals surface area contributed by atoms with E-state index in [-0.39, 0.29) is 28.7 Å². The SMILES string of the molecule is O=C(NCc1ccccc1)[C@H]1CN(S(=O)(=O)c2cccnc2)CC12CCCCC2. The molecule has 1 amide bonds. The summed E-state index contributed by atoms with van der Waals surface area (Å²) >= 11 is 0. The van der Waals surface area contributed by atoms with E-state index in [9.17, 15) is 13.2 Å². The first-order valence-electron chi connectivity index (χ1n) is 10.2. The molecular weight excluding hydrogens is 386 g/mol. The second kappa shape index (κ2) is 8.24. The number of benzene rings is 1. The van der Waals surface area contributed by atoms with Crippen LogP contribution >= 0.6 is 0 Å². The fraction of sp³-hybridized carbons (Fsp3) is 0.455. The molecule has 6 nitrogen and oxygen atoms in total. The highest BCUT2D eigenvalue weighted by molar-refractivity contribution is 7.89. The molecule has 2 fully saturated rings. The quantitative estimate of drug-likeness (QED) is 0.817. The third-order valence-corrected chi connectivity index (χ3v) is 8.16. The molecule has 0 bridgehead atoms. The molecule has 1 N–H and O–H groups in total. The molecule has 7 heteroatoms. The number of carbonyl (C=O) groups is 1. The number of carbonyl (C=O) groups excluding carboxylic acids is 1. The molecule has 4 rings (SSSR count). The maximum atomic E-state index is 13.2. The van der Waals surface area contributed by atoms with Crippen molar-refractivity contribution in [2.75, 3.05) is 13.1 Å². The van der Waals surface area contributed by atoms with E-state index in [1.54, 1.807) is 18.3 Å². The predicted molar refractivity (Wildman–Crippen MR) is 110 cm³/mol. The highest BCUT2D eigenvalue weighted by Crippen LogP contribution is 2.48. The van der Waals surface area contributed by atoms with Crippen molar-refractivity contribution in [3.63, 3.8) is 0 Å². The minimum absolute atomic E-state index is 0.0420. The van der Waals surface area contributed by atoms with Crippen LogP contribution in [0.2, 0.25) is 0 Å². The maximum Gasteiger partial charge on any atom is 0.244 e. The average Bonchev–Trinajstić information content (AvgIpc) is 3.13. The first kappa shape index (κ1) is 20.0. The number of sulfonamides is 1. The Morgan fingerprint density at radius 2 is 1.86 bits per heavy atom. The van der Waals surface area contributed by atoms with Crippen LogP contribution in [-0.2, 0) is 21.4 Å². The Bertz CT molecular complexity index is 942. The van der Waals surface area contributed by atoms with Gasteiger partial charge in [-0.15, -0.1) is 0 Å². The minimum atomic E-state index is -3.66. The standard InChI is InChI=1S/C22H27N3O3S/c26-21(24-14-18-8-3-1-4-9-18)20-16-25(17-22(20)11-5-2-6-12-22)29(27,28)19-10-7-13-23-15-19/h1,3-4,7-10,13,15,20H,2,5-6,11-12,14,16-17H2,(H,24,26)/t20-/m1/s1. The van der Waals surface area contributed by atoms with Crippen LogP contribution in [0.1, 0.15) is 37.7 Å². The van der Waals surface area contributed by atoms with Gasteiger partial charge in [0.2, 0.25) is 15.9 Å². The Hall–Kier alpha value is -2.25. The number of pyridine rings is 1. The molecular formula is C22H27N3O3S. The zero-order valence-electron chi connectivity index (χ0n) is 16.5. The summed E-state index contributed by atoms with van der Waals surface area (Å²) in [5.74, 6) is -0.363. The van der Waals surface area contributed by atoms with Gasteiger partial charge >= 0.3 is 0 Å². The van der Waals surface area contributed by atoms with Gasteiger partial charge in [-0.25, -0.2) is 8.42 Å². The Kier molecular flexibility index (Phi) is 5.69. The van der Waals surface area contributed by atoms with E-state index in [4.69, 9.17) is 0 Å². The van der Waals surface area contributed by atoms with Crippen LogP contribution in [0.25, 0.3) is 0 Å². The van der Waals surface area contributed by atoms with Gasteiger partial charge in [-0.3, -0.25) is 9.78 Å². The predicted octanol–water partition coefficient (Wildman–Crippen LogP) is 2.97. The summed E-state index contributed by atoms with van der Waals surface area (Å²) in [6, 6.07) is 13.0. The maximum absolute atomic E-state index is 13.2. The zero-order valence-corrected chi connectivity index (χ0v) is 17.3. The van der Waals surface area contributed by atoms with Crippen molar-refractivity contribution in [3.8, 4) is 0 Å². The van der Waals surface area contributed by atoms with Crippen LogP contribution in [-0.4, -0.2) is 36.7 Å². The smallest absolute Gasteiger partial charge is 0.244 e. The van der Waals surface area contributed by atoms with E-state index < -0.39 is 10.0 Å². The van der Waals surface area contributed by atoms with Crippen LogP contribution in [0.4, 0.5) is 0 Å². The molecule has 2 aliphatic rings. The fourth-order valence-electron chi connectivity index (χ4n) is 4.79. The number of amides is 1. The Morgan fingerprint density at radius 1 is 1.10 bits per heavy atom. The summed E-state index contributed by atoms with van der Waals surface area (Å²) in [7, 11) is -3.66. The topological polar surface area (TPSA) is 79.4 Å². The van der Waals surface area contributed by atoms with E-state index in [1.165, 1.54) is 10.5 Å². The summed E-state index contributed by atoms with van der Waals surface area (Å²) in [6.07, 6.45) is 7.98. The van der Waals surface area contributed by atoms with Gasteiger partial charge in [0.1, 0.15) is 4.90 Å². The zero-order chi connectivity index (χ0) is 20.3. The van der Waals surface area contributed by atoms with Crippen LogP contribution in [0.5, 0.6) is 0 Å². The van der Waals surface area contributed by atoms with Gasteiger partial charge < -0.3 is 5.32 Å². The first-order valence-corrected chi connectivity index (χ1v) is 11.7. The highest BCUT2D eigenvalue weighted by atomic mass is 32.2. The molecule has 1 saturated heterocycles. The molecule has 2 aromatic rings. The number of hydrogen-bond acceptors (Lipinski definition) is 4. The fourth-order valence-corrected chi connectivity index (χ4v) is 6.30. The van der Waals surface area contributed by atoms with Crippen molar-refractivity contribution in [2.24, 2.45) is 11.3 Å². The second-order valence-electron chi connectivity index (χ2n) is 8.17. The normalized spacial score (nSPS) is 21.9. The summed E-state index contributed by atoms with van der Waals surface area (Å²) in [5, 5.41) is 3.05. The van der Waals surface area contributed by atoms with Gasteiger partial charge in [0.05, 0.1) is 5.92 Å². The van der Waals surface area contributed by atoms with E-state index in [1.807, 2.05) is 30.3 Å². The molecule has 1 aliphatic heterocycles. The summed E-state index contributed by atoms with van der Waals surface area (Å²) in [5.41, 5.74) is 0.769. The third kappa shape index (κ3) is 4.07. The minimum Gasteiger partial charge on any atom is -0.352 e. The Labute approximate surface area is 172 Å². The molecule has 1 aromatic heterocycles. The van der Waals surface area contributed by atoms with Gasteiger partial charge in [-0.2, -0.15) is 4.31 Å². The summed E-state index contributed by atoms with van der Waals surface area (Å²) < 4.78 is 27.8. The van der Waals surface area contributed by atoms with Gasteiger partial charge in [0.15, 0.2) is 0 Å². The largest absolute Gasteiger partial charge is 0.352 e. The van der Waals surface area contributed by atoms with E-state index >= 15 is 0 Å². The van der Waals surface area contributed by atoms with Gasteiger partial charge in [0, 0.05) is 32.0 Å². The van der Waals surface area contributed by atoms with Crippen molar-refractivity contribution in [1.82, 2.24) is 14.6 Å². The second-order valence-corrected chi connectivity index (χ2v) is 10.1. The lowest BCUT2D eigenvalue weighted by molar-refractivity contribution is -0.128. The molecule has 1 spiro atoms. The first-order chi connectivity index (χ1) is 14.0. The molecule has 0 unspecified atom stereocenters. The van der Waals surface area contributed by atoms with Crippen molar-refractivity contribution < 1.29 is 13.2 Å². The van der Waals surface area contributed by atoms with Gasteiger partial charge in [-0.05, 0) is 36.0 Å². The Balaban J connectivity index is 1.55. The molecule has 1 atom stereocenters. The monoisotopic (exact) mass is 413 g/mol. The van der Waals surface area contributed by atoms with E-state index in [2.05, 4.69) is 10.3 Å². The van der Waals surface area contributed by atoms with Crippen molar-refractivity contribution >= 4 is 15.9 Å². The lowest BCUT2D eigenvalue weighted by atomic mass is 9.67. The molecule has 1 saturated carbocycles. The number of nitrogens with one attached hydrogen (secondary N) is 1. The lowest BCUT2D eigenvalue weighted by Gasteiger charge is -2.37. The number of hydrogen-bond donors (Lipinski definition) is 1. The summed E-state index contributed by atoms with van der Waals surface area (Å²) in [6.45, 7) is 1.10. The average molecular weight is 414 g/mol. The van der Waals surface area contributed by atoms with Crippen molar-refractivity contribution in [1.29, 1.82) is 0 Å². The summed E-state index contributed by atoms with van der Waals surface area (Å²) in [4.78, 5) is 17.3. The van der Waals surface area contributed by atoms with E-state index in [0.29, 0.717) is 13.1 Å². The van der Waals surface area contributed by atoms with Gasteiger partial charge in [0.25, 0.3) is 0 Å². The van der Waals surface area contributed by atoms with Crippen molar-refractivity contribution in [2.45, 2.75) is 43.5 Å². The number of nitrogens with zero attached hydrogens (tertiary/aromatic N) is 2. The van der Waals surface area contributed by atoms with Crippen LogP contribution in [0, 0.1) is 11.3 Å². The Morgan fingerprint density at radius 3 is 2.55 bits per heavy atom. The molecule has 29 heavy (non-hydrogen) atoms. The van der Waals surface area contributed by atoms with Crippen LogP contribution in [0.15, 0.2) is 59.8 Å². The van der Waals surface area contributed by atoms with E-state index in [0.717, 1.165) is 37.7 Å². The number of aromatic nitrogens is 1. The molecule has 154 valence electrons. The molecule has 2 heterocycles. The molecule has 0 radical (unpaired) electrons. The number of rotatable bonds is 5. The molecule has 1 aliphatic carbocycles. The third-order valence-electron chi connectivity index (χ3n) is 6.36. The lowest BCUT2D eigenvalue weighted by Crippen LogP contribution is -2.42. The molecule has 1 aromatic carbocycles. The van der Waals surface area contributed by atoms with Crippen LogP contribution in [0.3, 0.4) is 0 Å². The highest BCUT2D eigenvalue weighted by Gasteiger charge is 2.53. The van der Waals surface area contributed by atoms with Crippen molar-refractivity contribution in [3.05, 3.63) is 60.4 Å².